The molecule has 0 aliphatic carbocycles. The van der Waals surface area contributed by atoms with Gasteiger partial charge in [-0.1, -0.05) is 17.7 Å². The van der Waals surface area contributed by atoms with E-state index in [9.17, 15) is 14.7 Å². The average molecular weight is 360 g/mol. The minimum atomic E-state index is -0.558. The first-order valence-corrected chi connectivity index (χ1v) is 7.79. The summed E-state index contributed by atoms with van der Waals surface area (Å²) in [6.45, 7) is -0.401. The summed E-state index contributed by atoms with van der Waals surface area (Å²) in [6.07, 6.45) is 1.39. The number of fused-ring (bicyclic) bond motifs is 1. The molecule has 0 radical (unpaired) electrons. The Balaban J connectivity index is 1.54. The number of esters is 1. The number of rotatable bonds is 5. The molecule has 0 aliphatic rings. The van der Waals surface area contributed by atoms with E-state index < -0.39 is 18.5 Å². The van der Waals surface area contributed by atoms with Crippen LogP contribution in [0.4, 0.5) is 5.69 Å². The number of carbonyl (C=O) groups excluding carboxylic acids is 2. The van der Waals surface area contributed by atoms with Crippen LogP contribution in [0.25, 0.3) is 11.0 Å². The number of phenols is 1. The zero-order valence-electron chi connectivity index (χ0n) is 13.0. The lowest BCUT2D eigenvalue weighted by Gasteiger charge is -2.06. The first-order chi connectivity index (χ1) is 12.0. The summed E-state index contributed by atoms with van der Waals surface area (Å²) in [4.78, 5) is 23.7. The van der Waals surface area contributed by atoms with Crippen LogP contribution in [0.15, 0.2) is 53.1 Å². The second kappa shape index (κ2) is 7.27. The molecular weight excluding hydrogens is 346 g/mol. The Labute approximate surface area is 148 Å². The third-order valence-electron chi connectivity index (χ3n) is 3.45. The van der Waals surface area contributed by atoms with Crippen LogP contribution in [-0.2, 0) is 20.7 Å². The molecule has 0 atom stereocenters. The quantitative estimate of drug-likeness (QED) is 0.680. The molecular formula is C18H14ClNO5. The van der Waals surface area contributed by atoms with E-state index in [1.54, 1.807) is 30.3 Å². The van der Waals surface area contributed by atoms with Crippen LogP contribution < -0.4 is 5.32 Å². The van der Waals surface area contributed by atoms with Crippen LogP contribution in [0, 0.1) is 0 Å². The monoisotopic (exact) mass is 359 g/mol. The standard InChI is InChI=1S/C18H14ClNO5/c19-12-2-1-3-13(7-12)20-17(22)10-25-18(23)6-11-9-24-16-8-14(21)4-5-15(11)16/h1-5,7-9,21H,6,10H2,(H,20,22). The van der Waals surface area contributed by atoms with Crippen LogP contribution >= 0.6 is 11.6 Å². The lowest BCUT2D eigenvalue weighted by atomic mass is 10.1. The van der Waals surface area contributed by atoms with Gasteiger partial charge >= 0.3 is 5.97 Å². The van der Waals surface area contributed by atoms with Gasteiger partial charge in [-0.15, -0.1) is 0 Å². The molecule has 0 saturated carbocycles. The van der Waals surface area contributed by atoms with Crippen LogP contribution in [0.3, 0.4) is 0 Å². The van der Waals surface area contributed by atoms with E-state index in [1.165, 1.54) is 18.4 Å². The normalized spacial score (nSPS) is 10.6. The molecule has 2 aromatic carbocycles. The van der Waals surface area contributed by atoms with E-state index in [0.717, 1.165) is 0 Å². The largest absolute Gasteiger partial charge is 0.508 e. The number of carbonyl (C=O) groups is 2. The zero-order chi connectivity index (χ0) is 17.8. The molecule has 128 valence electrons. The highest BCUT2D eigenvalue weighted by atomic mass is 35.5. The molecule has 1 heterocycles. The summed E-state index contributed by atoms with van der Waals surface area (Å²) >= 11 is 5.83. The van der Waals surface area contributed by atoms with E-state index >= 15 is 0 Å². The smallest absolute Gasteiger partial charge is 0.310 e. The lowest BCUT2D eigenvalue weighted by molar-refractivity contribution is -0.146. The number of aromatic hydroxyl groups is 1. The molecule has 0 aliphatic heterocycles. The molecule has 1 amide bonds. The van der Waals surface area contributed by atoms with Gasteiger partial charge < -0.3 is 19.6 Å². The van der Waals surface area contributed by atoms with Crippen molar-refractivity contribution in [1.82, 2.24) is 0 Å². The Hall–Kier alpha value is -2.99. The number of benzene rings is 2. The number of furan rings is 1. The predicted molar refractivity (Wildman–Crippen MR) is 92.6 cm³/mol. The van der Waals surface area contributed by atoms with Crippen molar-refractivity contribution in [3.05, 3.63) is 59.3 Å². The summed E-state index contributed by atoms with van der Waals surface area (Å²) in [5, 5.41) is 13.2. The van der Waals surface area contributed by atoms with Gasteiger partial charge in [0.05, 0.1) is 12.7 Å². The number of nitrogens with one attached hydrogen (secondary N) is 1. The zero-order valence-corrected chi connectivity index (χ0v) is 13.7. The summed E-state index contributed by atoms with van der Waals surface area (Å²) in [5.41, 5.74) is 1.62. The highest BCUT2D eigenvalue weighted by Crippen LogP contribution is 2.25. The van der Waals surface area contributed by atoms with Crippen molar-refractivity contribution in [1.29, 1.82) is 0 Å². The number of halogens is 1. The van der Waals surface area contributed by atoms with Crippen molar-refractivity contribution in [3.63, 3.8) is 0 Å². The molecule has 0 bridgehead atoms. The second-order valence-electron chi connectivity index (χ2n) is 5.34. The number of hydrogen-bond acceptors (Lipinski definition) is 5. The van der Waals surface area contributed by atoms with Gasteiger partial charge in [0, 0.05) is 27.7 Å². The van der Waals surface area contributed by atoms with Gasteiger partial charge in [0.25, 0.3) is 5.91 Å². The summed E-state index contributed by atoms with van der Waals surface area (Å²) in [6, 6.07) is 11.3. The Morgan fingerprint density at radius 2 is 2.04 bits per heavy atom. The second-order valence-corrected chi connectivity index (χ2v) is 5.77. The first-order valence-electron chi connectivity index (χ1n) is 7.41. The maximum absolute atomic E-state index is 11.9. The number of hydrogen-bond donors (Lipinski definition) is 2. The SMILES string of the molecule is O=C(COC(=O)Cc1coc2cc(O)ccc12)Nc1cccc(Cl)c1. The molecule has 3 rings (SSSR count). The minimum Gasteiger partial charge on any atom is -0.508 e. The Morgan fingerprint density at radius 3 is 2.84 bits per heavy atom. The molecule has 0 saturated heterocycles. The van der Waals surface area contributed by atoms with Gasteiger partial charge in [-0.25, -0.2) is 0 Å². The van der Waals surface area contributed by atoms with Crippen molar-refractivity contribution in [3.8, 4) is 5.75 Å². The Bertz CT molecular complexity index is 934. The third-order valence-corrected chi connectivity index (χ3v) is 3.68. The fourth-order valence-electron chi connectivity index (χ4n) is 2.32. The number of ether oxygens (including phenoxy) is 1. The fraction of sp³-hybridized carbons (Fsp3) is 0.111. The highest BCUT2D eigenvalue weighted by molar-refractivity contribution is 6.30. The predicted octanol–water partition coefficient (Wildman–Crippen LogP) is 3.52. The van der Waals surface area contributed by atoms with Crippen molar-refractivity contribution in [2.45, 2.75) is 6.42 Å². The Kier molecular flexibility index (Phi) is 4.90. The van der Waals surface area contributed by atoms with Gasteiger partial charge in [0.2, 0.25) is 0 Å². The van der Waals surface area contributed by atoms with Crippen LogP contribution in [-0.4, -0.2) is 23.6 Å². The summed E-state index contributed by atoms with van der Waals surface area (Å²) in [7, 11) is 0. The number of amides is 1. The van der Waals surface area contributed by atoms with Crippen molar-refractivity contribution in [2.75, 3.05) is 11.9 Å². The molecule has 25 heavy (non-hydrogen) atoms. The third kappa shape index (κ3) is 4.30. The van der Waals surface area contributed by atoms with Crippen LogP contribution in [0.2, 0.25) is 5.02 Å². The van der Waals surface area contributed by atoms with Gasteiger partial charge in [-0.05, 0) is 30.3 Å². The molecule has 0 spiro atoms. The molecule has 1 aromatic heterocycles. The van der Waals surface area contributed by atoms with E-state index in [1.807, 2.05) is 0 Å². The fourth-order valence-corrected chi connectivity index (χ4v) is 2.51. The first kappa shape index (κ1) is 16.9. The average Bonchev–Trinajstić information content (AvgIpc) is 2.95. The summed E-state index contributed by atoms with van der Waals surface area (Å²) in [5.74, 6) is -0.941. The van der Waals surface area contributed by atoms with Gasteiger partial charge in [0.1, 0.15) is 11.3 Å². The topological polar surface area (TPSA) is 88.8 Å². The number of anilines is 1. The maximum atomic E-state index is 11.9. The maximum Gasteiger partial charge on any atom is 0.310 e. The lowest BCUT2D eigenvalue weighted by Crippen LogP contribution is -2.21. The molecule has 0 unspecified atom stereocenters. The molecule has 3 aromatic rings. The van der Waals surface area contributed by atoms with E-state index in [2.05, 4.69) is 5.32 Å². The van der Waals surface area contributed by atoms with Gasteiger partial charge in [0.15, 0.2) is 6.61 Å². The minimum absolute atomic E-state index is 0.0395. The van der Waals surface area contributed by atoms with Gasteiger partial charge in [-0.3, -0.25) is 9.59 Å². The van der Waals surface area contributed by atoms with E-state index in [4.69, 9.17) is 20.8 Å². The highest BCUT2D eigenvalue weighted by Gasteiger charge is 2.13. The van der Waals surface area contributed by atoms with E-state index in [-0.39, 0.29) is 12.2 Å². The molecule has 0 fully saturated rings. The molecule has 2 N–H and O–H groups in total. The van der Waals surface area contributed by atoms with Crippen LogP contribution in [0.1, 0.15) is 5.56 Å². The van der Waals surface area contributed by atoms with Crippen LogP contribution in [0.5, 0.6) is 5.75 Å². The van der Waals surface area contributed by atoms with Gasteiger partial charge in [-0.2, -0.15) is 0 Å². The molecule has 6 nitrogen and oxygen atoms in total. The molecule has 7 heteroatoms. The number of phenolic OH excluding ortho intramolecular Hbond substituents is 1. The van der Waals surface area contributed by atoms with E-state index in [0.29, 0.717) is 27.2 Å². The van der Waals surface area contributed by atoms with Crippen molar-refractivity contribution in [2.24, 2.45) is 0 Å². The Morgan fingerprint density at radius 1 is 1.20 bits per heavy atom. The van der Waals surface area contributed by atoms with Crippen molar-refractivity contribution < 1.29 is 23.8 Å². The summed E-state index contributed by atoms with van der Waals surface area (Å²) < 4.78 is 10.3. The van der Waals surface area contributed by atoms with Crippen molar-refractivity contribution >= 4 is 40.1 Å².